The van der Waals surface area contributed by atoms with E-state index in [1.807, 2.05) is 62.4 Å². The largest absolute Gasteiger partial charge is 0.508 e. The third-order valence-corrected chi connectivity index (χ3v) is 5.72. The van der Waals surface area contributed by atoms with Gasteiger partial charge in [-0.05, 0) is 90.0 Å². The van der Waals surface area contributed by atoms with E-state index in [0.29, 0.717) is 11.5 Å². The van der Waals surface area contributed by atoms with Crippen molar-refractivity contribution >= 4 is 0 Å². The molecule has 0 heterocycles. The molecule has 0 spiro atoms. The molecule has 0 aromatic heterocycles. The summed E-state index contributed by atoms with van der Waals surface area (Å²) in [6.07, 6.45) is 0.808. The number of benzene rings is 4. The molecule has 0 bridgehead atoms. The second kappa shape index (κ2) is 10.6. The summed E-state index contributed by atoms with van der Waals surface area (Å²) < 4.78 is 0. The SMILES string of the molecule is CC(c1ccc(O)cc1)c1ccc(O)cc1.Cc1cc(Cc2ccc(O)c(C)c2)ccc1O. The minimum atomic E-state index is 0.251. The Kier molecular flexibility index (Phi) is 7.62. The van der Waals surface area contributed by atoms with Crippen molar-refractivity contribution in [1.29, 1.82) is 0 Å². The molecule has 0 fully saturated rings. The number of rotatable bonds is 4. The van der Waals surface area contributed by atoms with Crippen LogP contribution in [0, 0.1) is 13.8 Å². The molecule has 0 aliphatic heterocycles. The van der Waals surface area contributed by atoms with Crippen molar-refractivity contribution in [3.05, 3.63) is 118 Å². The summed E-state index contributed by atoms with van der Waals surface area (Å²) in [6.45, 7) is 5.88. The average Bonchev–Trinajstić information content (AvgIpc) is 2.80. The van der Waals surface area contributed by atoms with Crippen LogP contribution in [0.3, 0.4) is 0 Å². The van der Waals surface area contributed by atoms with Gasteiger partial charge in [-0.2, -0.15) is 0 Å². The molecule has 4 heteroatoms. The quantitative estimate of drug-likeness (QED) is 0.289. The lowest BCUT2D eigenvalue weighted by Gasteiger charge is -2.12. The summed E-state index contributed by atoms with van der Waals surface area (Å²) in [7, 11) is 0. The first-order valence-electron chi connectivity index (χ1n) is 10.9. The highest BCUT2D eigenvalue weighted by molar-refractivity contribution is 5.40. The number of hydrogen-bond donors (Lipinski definition) is 4. The summed E-state index contributed by atoms with van der Waals surface area (Å²) in [5.74, 6) is 1.47. The van der Waals surface area contributed by atoms with Gasteiger partial charge in [0, 0.05) is 5.92 Å². The highest BCUT2D eigenvalue weighted by Gasteiger charge is 2.08. The lowest BCUT2D eigenvalue weighted by atomic mass is 9.93. The Morgan fingerprint density at radius 2 is 0.909 bits per heavy atom. The van der Waals surface area contributed by atoms with Crippen LogP contribution in [0.25, 0.3) is 0 Å². The van der Waals surface area contributed by atoms with Crippen LogP contribution in [-0.4, -0.2) is 20.4 Å². The fourth-order valence-corrected chi connectivity index (χ4v) is 3.61. The molecule has 0 saturated heterocycles. The van der Waals surface area contributed by atoms with Crippen molar-refractivity contribution < 1.29 is 20.4 Å². The Morgan fingerprint density at radius 3 is 1.24 bits per heavy atom. The van der Waals surface area contributed by atoms with Crippen LogP contribution in [0.2, 0.25) is 0 Å². The maximum Gasteiger partial charge on any atom is 0.118 e. The van der Waals surface area contributed by atoms with Gasteiger partial charge in [0.1, 0.15) is 23.0 Å². The molecule has 0 radical (unpaired) electrons. The number of phenols is 4. The fraction of sp³-hybridized carbons (Fsp3) is 0.172. The van der Waals surface area contributed by atoms with E-state index in [0.717, 1.165) is 39.8 Å². The normalized spacial score (nSPS) is 10.5. The van der Waals surface area contributed by atoms with Gasteiger partial charge in [0.25, 0.3) is 0 Å². The van der Waals surface area contributed by atoms with Gasteiger partial charge in [-0.3, -0.25) is 0 Å². The van der Waals surface area contributed by atoms with E-state index in [4.69, 9.17) is 0 Å². The van der Waals surface area contributed by atoms with Crippen molar-refractivity contribution in [1.82, 2.24) is 0 Å². The fourth-order valence-electron chi connectivity index (χ4n) is 3.61. The predicted octanol–water partition coefficient (Wildman–Crippen LogP) is 6.56. The molecule has 4 N–H and O–H groups in total. The number of phenolic OH excluding ortho intramolecular Hbond substituents is 4. The van der Waals surface area contributed by atoms with Crippen LogP contribution in [0.4, 0.5) is 0 Å². The summed E-state index contributed by atoms with van der Waals surface area (Å²) >= 11 is 0. The van der Waals surface area contributed by atoms with Crippen molar-refractivity contribution in [3.63, 3.8) is 0 Å². The van der Waals surface area contributed by atoms with E-state index in [9.17, 15) is 20.4 Å². The number of hydrogen-bond acceptors (Lipinski definition) is 4. The first kappa shape index (κ1) is 23.7. The highest BCUT2D eigenvalue weighted by Crippen LogP contribution is 2.26. The Balaban J connectivity index is 0.000000186. The summed E-state index contributed by atoms with van der Waals surface area (Å²) in [5.41, 5.74) is 6.37. The first-order valence-corrected chi connectivity index (χ1v) is 10.9. The monoisotopic (exact) mass is 442 g/mol. The van der Waals surface area contributed by atoms with E-state index < -0.39 is 0 Å². The van der Waals surface area contributed by atoms with Gasteiger partial charge in [-0.1, -0.05) is 55.5 Å². The maximum absolute atomic E-state index is 9.46. The van der Waals surface area contributed by atoms with Crippen LogP contribution >= 0.6 is 0 Å². The minimum absolute atomic E-state index is 0.251. The van der Waals surface area contributed by atoms with Crippen LogP contribution < -0.4 is 0 Å². The molecule has 0 saturated carbocycles. The zero-order chi connectivity index (χ0) is 24.0. The van der Waals surface area contributed by atoms with Gasteiger partial charge in [0.2, 0.25) is 0 Å². The molecule has 4 nitrogen and oxygen atoms in total. The van der Waals surface area contributed by atoms with Gasteiger partial charge >= 0.3 is 0 Å². The molecular weight excluding hydrogens is 412 g/mol. The second-order valence-corrected chi connectivity index (χ2v) is 8.32. The smallest absolute Gasteiger partial charge is 0.118 e. The maximum atomic E-state index is 9.46. The van der Waals surface area contributed by atoms with E-state index in [-0.39, 0.29) is 17.4 Å². The number of aromatic hydroxyl groups is 4. The van der Waals surface area contributed by atoms with E-state index in [1.165, 1.54) is 0 Å². The van der Waals surface area contributed by atoms with E-state index in [2.05, 4.69) is 6.92 Å². The minimum Gasteiger partial charge on any atom is -0.508 e. The first-order chi connectivity index (χ1) is 15.7. The molecule has 33 heavy (non-hydrogen) atoms. The lowest BCUT2D eigenvalue weighted by molar-refractivity contribution is 0.470. The van der Waals surface area contributed by atoms with E-state index in [1.54, 1.807) is 36.4 Å². The molecule has 4 rings (SSSR count). The van der Waals surface area contributed by atoms with Crippen LogP contribution in [0.15, 0.2) is 84.9 Å². The Bertz CT molecular complexity index is 1100. The van der Waals surface area contributed by atoms with Gasteiger partial charge in [0.05, 0.1) is 0 Å². The van der Waals surface area contributed by atoms with Crippen LogP contribution in [0.5, 0.6) is 23.0 Å². The Hall–Kier alpha value is -3.92. The molecule has 0 unspecified atom stereocenters. The molecule has 4 aromatic rings. The Morgan fingerprint density at radius 1 is 0.545 bits per heavy atom. The van der Waals surface area contributed by atoms with Gasteiger partial charge in [0.15, 0.2) is 0 Å². The zero-order valence-electron chi connectivity index (χ0n) is 19.2. The summed E-state index contributed by atoms with van der Waals surface area (Å²) in [6, 6.07) is 25.6. The number of aryl methyl sites for hydroxylation is 2. The molecular formula is C29H30O4. The van der Waals surface area contributed by atoms with Gasteiger partial charge in [-0.25, -0.2) is 0 Å². The molecule has 170 valence electrons. The average molecular weight is 443 g/mol. The van der Waals surface area contributed by atoms with Crippen LogP contribution in [0.1, 0.15) is 46.2 Å². The molecule has 0 atom stereocenters. The van der Waals surface area contributed by atoms with Crippen molar-refractivity contribution in [2.75, 3.05) is 0 Å². The van der Waals surface area contributed by atoms with Gasteiger partial charge < -0.3 is 20.4 Å². The molecule has 4 aromatic carbocycles. The zero-order valence-corrected chi connectivity index (χ0v) is 19.2. The molecule has 0 amide bonds. The van der Waals surface area contributed by atoms with Crippen LogP contribution in [-0.2, 0) is 6.42 Å². The van der Waals surface area contributed by atoms with Crippen molar-refractivity contribution in [2.24, 2.45) is 0 Å². The highest BCUT2D eigenvalue weighted by atomic mass is 16.3. The standard InChI is InChI=1S/C15H16O2.C14H14O2/c1-10-7-12(3-5-14(10)16)9-13-4-6-15(17)11(2)8-13;1-10(11-2-6-13(15)7-3-11)12-4-8-14(16)9-5-12/h3-8,16-17H,9H2,1-2H3;2-10,15-16H,1H3. The molecule has 0 aliphatic carbocycles. The predicted molar refractivity (Wildman–Crippen MR) is 132 cm³/mol. The van der Waals surface area contributed by atoms with Crippen molar-refractivity contribution in [3.8, 4) is 23.0 Å². The second-order valence-electron chi connectivity index (χ2n) is 8.32. The third-order valence-electron chi connectivity index (χ3n) is 5.72. The Labute approximate surface area is 195 Å². The molecule has 0 aliphatic rings. The van der Waals surface area contributed by atoms with E-state index >= 15 is 0 Å². The summed E-state index contributed by atoms with van der Waals surface area (Å²) in [4.78, 5) is 0. The third kappa shape index (κ3) is 6.53. The van der Waals surface area contributed by atoms with Crippen molar-refractivity contribution in [2.45, 2.75) is 33.1 Å². The van der Waals surface area contributed by atoms with Gasteiger partial charge in [-0.15, -0.1) is 0 Å². The topological polar surface area (TPSA) is 80.9 Å². The lowest BCUT2D eigenvalue weighted by Crippen LogP contribution is -1.94. The summed E-state index contributed by atoms with van der Waals surface area (Å²) in [5, 5.41) is 37.3.